The summed E-state index contributed by atoms with van der Waals surface area (Å²) in [4.78, 5) is 0. The predicted octanol–water partition coefficient (Wildman–Crippen LogP) is 3.67. The van der Waals surface area contributed by atoms with Gasteiger partial charge in [0.2, 0.25) is 0 Å². The maximum atomic E-state index is 4.02. The van der Waals surface area contributed by atoms with Gasteiger partial charge >= 0.3 is 0 Å². The summed E-state index contributed by atoms with van der Waals surface area (Å²) in [7, 11) is 3.99. The molecule has 1 aromatic heterocycles. The van der Waals surface area contributed by atoms with Gasteiger partial charge in [-0.05, 0) is 12.5 Å². The Morgan fingerprint density at radius 1 is 1.00 bits per heavy atom. The molecular weight excluding hydrogens is 398 g/mol. The second-order valence-electron chi connectivity index (χ2n) is 3.72. The van der Waals surface area contributed by atoms with Crippen LogP contribution in [0.2, 0.25) is 0 Å². The monoisotopic (exact) mass is 419 g/mol. The van der Waals surface area contributed by atoms with Gasteiger partial charge in [-0.3, -0.25) is 0 Å². The normalized spacial score (nSPS) is 8.50. The van der Waals surface area contributed by atoms with Crippen molar-refractivity contribution in [1.29, 1.82) is 0 Å². The van der Waals surface area contributed by atoms with E-state index in [4.69, 9.17) is 0 Å². The molecule has 2 rings (SSSR count). The quantitative estimate of drug-likeness (QED) is 0.492. The fourth-order valence-electron chi connectivity index (χ4n) is 1.68. The molecule has 0 fully saturated rings. The largest absolute Gasteiger partial charge is 0.358 e. The topological polar surface area (TPSA) is 3.88 Å². The zero-order valence-corrected chi connectivity index (χ0v) is 13.6. The summed E-state index contributed by atoms with van der Waals surface area (Å²) < 4.78 is 1.89. The van der Waals surface area contributed by atoms with Gasteiger partial charge in [-0.1, -0.05) is 18.2 Å². The van der Waals surface area contributed by atoms with Crippen LogP contribution in [0.5, 0.6) is 0 Å². The van der Waals surface area contributed by atoms with Crippen LogP contribution in [0, 0.1) is 35.7 Å². The van der Waals surface area contributed by atoms with E-state index in [0.717, 1.165) is 16.8 Å². The number of nitrogens with zero attached hydrogens (tertiary/aromatic N) is 1. The molecular formula is C16H20IrN-3. The number of hydrogen-bond donors (Lipinski definition) is 0. The second kappa shape index (κ2) is 7.97. The maximum absolute atomic E-state index is 4.02. The number of rotatable bonds is 1. The molecule has 0 saturated carbocycles. The van der Waals surface area contributed by atoms with Gasteiger partial charge in [0.05, 0.1) is 11.9 Å². The zero-order valence-electron chi connectivity index (χ0n) is 11.2. The maximum Gasteiger partial charge on any atom is 0.0716 e. The molecule has 0 unspecified atom stereocenters. The molecule has 0 bridgehead atoms. The molecule has 0 N–H and O–H groups in total. The summed E-state index contributed by atoms with van der Waals surface area (Å²) in [6.07, 6.45) is 2.02. The summed E-state index contributed by atoms with van der Waals surface area (Å²) in [5, 5.41) is 0. The Hall–Kier alpha value is -1.24. The first-order valence-electron chi connectivity index (χ1n) is 4.93. The molecule has 2 heteroatoms. The molecule has 1 aromatic carbocycles. The van der Waals surface area contributed by atoms with Gasteiger partial charge in [0.1, 0.15) is 0 Å². The molecule has 1 radical (unpaired) electrons. The molecule has 101 valence electrons. The zero-order chi connectivity index (χ0) is 10.8. The van der Waals surface area contributed by atoms with Gasteiger partial charge in [-0.2, -0.15) is 18.6 Å². The van der Waals surface area contributed by atoms with Gasteiger partial charge in [0.15, 0.2) is 0 Å². The van der Waals surface area contributed by atoms with Crippen LogP contribution in [0.3, 0.4) is 0 Å². The Labute approximate surface area is 125 Å². The third-order valence-electron chi connectivity index (χ3n) is 2.47. The van der Waals surface area contributed by atoms with E-state index < -0.39 is 0 Å². The van der Waals surface area contributed by atoms with Crippen LogP contribution in [-0.4, -0.2) is 0 Å². The fourth-order valence-corrected chi connectivity index (χ4v) is 1.68. The Morgan fingerprint density at radius 2 is 1.61 bits per heavy atom. The van der Waals surface area contributed by atoms with Crippen molar-refractivity contribution in [2.24, 2.45) is 0 Å². The summed E-state index contributed by atoms with van der Waals surface area (Å²) in [5.74, 6) is 0. The molecule has 0 saturated heterocycles. The van der Waals surface area contributed by atoms with E-state index in [0.29, 0.717) is 0 Å². The van der Waals surface area contributed by atoms with Crippen molar-refractivity contribution in [1.82, 2.24) is 0 Å². The average Bonchev–Trinajstić information content (AvgIpc) is 2.20. The standard InChI is InChI=1S/C14H14N.2CH3.Ir/c1-11-8-9-14(15(3)10-11)13-7-5-4-6-12(13)2;;;/h4-10H,2-3H2,1H3;2*1H3;/q3*-1;. The number of benzene rings is 1. The number of aryl methyl sites for hydroxylation is 1. The summed E-state index contributed by atoms with van der Waals surface area (Å²) in [6, 6.07) is 12.2. The van der Waals surface area contributed by atoms with Crippen LogP contribution in [0.15, 0.2) is 42.6 Å². The van der Waals surface area contributed by atoms with E-state index in [1.165, 1.54) is 5.56 Å². The fraction of sp³-hybridized carbons (Fsp3) is 0.0625. The summed E-state index contributed by atoms with van der Waals surface area (Å²) in [6.45, 7) is 6.08. The first-order chi connectivity index (χ1) is 7.18. The van der Waals surface area contributed by atoms with Crippen LogP contribution in [0.1, 0.15) is 11.1 Å². The Bertz CT molecular complexity index is 492. The van der Waals surface area contributed by atoms with E-state index in [1.807, 2.05) is 29.0 Å². The van der Waals surface area contributed by atoms with Crippen molar-refractivity contribution in [3.05, 3.63) is 82.5 Å². The molecule has 0 aliphatic heterocycles. The van der Waals surface area contributed by atoms with Crippen molar-refractivity contribution in [3.63, 3.8) is 0 Å². The van der Waals surface area contributed by atoms with Crippen LogP contribution < -0.4 is 4.57 Å². The van der Waals surface area contributed by atoms with E-state index in [2.05, 4.69) is 39.1 Å². The minimum Gasteiger partial charge on any atom is -0.358 e. The Kier molecular flexibility index (Phi) is 8.46. The Morgan fingerprint density at radius 3 is 2.17 bits per heavy atom. The molecule has 18 heavy (non-hydrogen) atoms. The minimum absolute atomic E-state index is 0. The molecule has 0 amide bonds. The molecule has 0 aliphatic carbocycles. The van der Waals surface area contributed by atoms with E-state index in [1.54, 1.807) is 0 Å². The van der Waals surface area contributed by atoms with Crippen LogP contribution in [-0.2, 0) is 20.1 Å². The Balaban J connectivity index is 0. The van der Waals surface area contributed by atoms with Gasteiger partial charge < -0.3 is 19.4 Å². The number of pyridine rings is 1. The smallest absolute Gasteiger partial charge is 0.0716 e. The molecule has 2 aromatic rings. The minimum atomic E-state index is 0. The van der Waals surface area contributed by atoms with Gasteiger partial charge in [-0.25, -0.2) is 0 Å². The summed E-state index contributed by atoms with van der Waals surface area (Å²) >= 11 is 0. The number of hydrogen-bond acceptors (Lipinski definition) is 0. The van der Waals surface area contributed by atoms with Crippen molar-refractivity contribution >= 4 is 0 Å². The number of aromatic nitrogens is 1. The van der Waals surface area contributed by atoms with Gasteiger partial charge in [-0.15, -0.1) is 17.7 Å². The SMILES string of the molecule is [CH2-]c1ccccc1-c1ccc(C)c[n+]1[CH2-].[CH3-].[CH3-].[Ir]. The van der Waals surface area contributed by atoms with E-state index >= 15 is 0 Å². The third kappa shape index (κ3) is 3.90. The van der Waals surface area contributed by atoms with Crippen molar-refractivity contribution in [3.8, 4) is 11.3 Å². The molecule has 1 heterocycles. The van der Waals surface area contributed by atoms with Gasteiger partial charge in [0, 0.05) is 27.2 Å². The van der Waals surface area contributed by atoms with Crippen LogP contribution >= 0.6 is 0 Å². The van der Waals surface area contributed by atoms with Crippen LogP contribution in [0.25, 0.3) is 11.3 Å². The molecule has 0 atom stereocenters. The average molecular weight is 419 g/mol. The molecule has 1 nitrogen and oxygen atoms in total. The van der Waals surface area contributed by atoms with Gasteiger partial charge in [0.25, 0.3) is 0 Å². The second-order valence-corrected chi connectivity index (χ2v) is 3.72. The van der Waals surface area contributed by atoms with Crippen molar-refractivity contribution in [2.45, 2.75) is 6.92 Å². The molecule has 0 aliphatic rings. The molecule has 0 spiro atoms. The van der Waals surface area contributed by atoms with E-state index in [-0.39, 0.29) is 35.0 Å². The van der Waals surface area contributed by atoms with Crippen molar-refractivity contribution < 1.29 is 24.7 Å². The first-order valence-corrected chi connectivity index (χ1v) is 4.93. The summed E-state index contributed by atoms with van der Waals surface area (Å²) in [5.41, 5.74) is 4.45. The third-order valence-corrected chi connectivity index (χ3v) is 2.47. The first kappa shape index (κ1) is 19.1. The van der Waals surface area contributed by atoms with E-state index in [9.17, 15) is 0 Å². The predicted molar refractivity (Wildman–Crippen MR) is 74.9 cm³/mol. The van der Waals surface area contributed by atoms with Crippen molar-refractivity contribution in [2.75, 3.05) is 0 Å². The van der Waals surface area contributed by atoms with Crippen LogP contribution in [0.4, 0.5) is 0 Å².